The van der Waals surface area contributed by atoms with Gasteiger partial charge in [-0.2, -0.15) is 0 Å². The quantitative estimate of drug-likeness (QED) is 0.751. The molecule has 5 nitrogen and oxygen atoms in total. The molecule has 0 saturated carbocycles. The zero-order valence-corrected chi connectivity index (χ0v) is 18.6. The van der Waals surface area contributed by atoms with E-state index in [1.54, 1.807) is 19.2 Å². The molecule has 2 aromatic rings. The van der Waals surface area contributed by atoms with Gasteiger partial charge in [0.05, 0.1) is 12.0 Å². The van der Waals surface area contributed by atoms with Crippen molar-refractivity contribution in [3.05, 3.63) is 58.7 Å². The van der Waals surface area contributed by atoms with E-state index in [1.807, 2.05) is 38.1 Å². The highest BCUT2D eigenvalue weighted by atomic mass is 32.2. The summed E-state index contributed by atoms with van der Waals surface area (Å²) in [5.74, 6) is 0.787. The van der Waals surface area contributed by atoms with E-state index < -0.39 is 10.0 Å². The molecule has 0 bridgehead atoms. The summed E-state index contributed by atoms with van der Waals surface area (Å²) in [6, 6.07) is 10.9. The lowest BCUT2D eigenvalue weighted by molar-refractivity contribution is 0.157. The number of aryl methyl sites for hydroxylation is 2. The molecule has 0 aromatic heterocycles. The van der Waals surface area contributed by atoms with Gasteiger partial charge in [0.1, 0.15) is 5.75 Å². The van der Waals surface area contributed by atoms with Gasteiger partial charge in [-0.25, -0.2) is 13.1 Å². The van der Waals surface area contributed by atoms with Gasteiger partial charge >= 0.3 is 0 Å². The van der Waals surface area contributed by atoms with Crippen LogP contribution in [0.4, 0.5) is 0 Å². The number of nitrogens with one attached hydrogen (secondary N) is 1. The average molecular weight is 418 g/mol. The number of rotatable bonds is 6. The van der Waals surface area contributed by atoms with Gasteiger partial charge in [-0.05, 0) is 84.5 Å². The monoisotopic (exact) mass is 417 g/mol. The molecule has 3 rings (SSSR count). The van der Waals surface area contributed by atoms with Crippen LogP contribution in [0.5, 0.6) is 5.75 Å². The van der Waals surface area contributed by atoms with Crippen molar-refractivity contribution < 1.29 is 18.3 Å². The van der Waals surface area contributed by atoms with Crippen molar-refractivity contribution in [2.24, 2.45) is 5.41 Å². The Hall–Kier alpha value is -1.89. The van der Waals surface area contributed by atoms with Crippen LogP contribution >= 0.6 is 0 Å². The molecule has 29 heavy (non-hydrogen) atoms. The minimum Gasteiger partial charge on any atom is -0.497 e. The summed E-state index contributed by atoms with van der Waals surface area (Å²) in [7, 11) is -2.02. The van der Waals surface area contributed by atoms with E-state index in [2.05, 4.69) is 18.6 Å². The lowest BCUT2D eigenvalue weighted by atomic mass is 9.62. The highest BCUT2D eigenvalue weighted by Crippen LogP contribution is 2.48. The Labute approximate surface area is 174 Å². The van der Waals surface area contributed by atoms with Crippen LogP contribution in [0, 0.1) is 19.3 Å². The number of methoxy groups -OCH3 is 1. The van der Waals surface area contributed by atoms with Crippen LogP contribution in [0.1, 0.15) is 48.4 Å². The van der Waals surface area contributed by atoms with Crippen molar-refractivity contribution in [2.75, 3.05) is 13.7 Å². The van der Waals surface area contributed by atoms with Crippen LogP contribution in [-0.4, -0.2) is 33.3 Å². The largest absolute Gasteiger partial charge is 0.497 e. The first-order valence-electron chi connectivity index (χ1n) is 9.97. The van der Waals surface area contributed by atoms with Gasteiger partial charge in [0, 0.05) is 12.6 Å². The topological polar surface area (TPSA) is 75.6 Å². The molecule has 2 aromatic carbocycles. The smallest absolute Gasteiger partial charge is 0.240 e. The van der Waals surface area contributed by atoms with Gasteiger partial charge in [-0.1, -0.05) is 26.0 Å². The molecule has 2 N–H and O–H groups in total. The number of sulfonamides is 1. The SMILES string of the molecule is COc1ccc2c(c1)C(CCO)C(C)(C)C(NS(=O)(=O)c1ccc(C)c(C)c1)C2. The van der Waals surface area contributed by atoms with Crippen molar-refractivity contribution in [1.82, 2.24) is 4.72 Å². The number of benzene rings is 2. The second kappa shape index (κ2) is 8.09. The van der Waals surface area contributed by atoms with Gasteiger partial charge in [0.15, 0.2) is 0 Å². The van der Waals surface area contributed by atoms with Crippen LogP contribution < -0.4 is 9.46 Å². The Kier molecular flexibility index (Phi) is 6.08. The van der Waals surface area contributed by atoms with E-state index in [0.717, 1.165) is 28.0 Å². The van der Waals surface area contributed by atoms with Crippen LogP contribution in [0.2, 0.25) is 0 Å². The highest BCUT2D eigenvalue weighted by Gasteiger charge is 2.44. The third-order valence-electron chi connectivity index (χ3n) is 6.45. The van der Waals surface area contributed by atoms with Gasteiger partial charge in [-0.3, -0.25) is 0 Å². The van der Waals surface area contributed by atoms with E-state index >= 15 is 0 Å². The summed E-state index contributed by atoms with van der Waals surface area (Å²) < 4.78 is 34.6. The minimum atomic E-state index is -3.66. The number of hydrogen-bond acceptors (Lipinski definition) is 4. The molecule has 2 unspecified atom stereocenters. The molecule has 0 radical (unpaired) electrons. The standard InChI is InChI=1S/C23H31NO4S/c1-15-6-9-19(12-16(15)2)29(26,27)24-22-13-17-7-8-18(28-5)14-20(17)21(10-11-25)23(22,3)4/h6-9,12,14,21-22,24-25H,10-11,13H2,1-5H3. The van der Waals surface area contributed by atoms with Crippen LogP contribution in [-0.2, 0) is 16.4 Å². The van der Waals surface area contributed by atoms with Gasteiger partial charge in [0.25, 0.3) is 0 Å². The van der Waals surface area contributed by atoms with Crippen LogP contribution in [0.3, 0.4) is 0 Å². The summed E-state index contributed by atoms with van der Waals surface area (Å²) in [5.41, 5.74) is 3.86. The maximum absolute atomic E-state index is 13.1. The molecule has 6 heteroatoms. The fourth-order valence-electron chi connectivity index (χ4n) is 4.32. The Bertz CT molecular complexity index is 998. The van der Waals surface area contributed by atoms with Crippen molar-refractivity contribution in [3.63, 3.8) is 0 Å². The Morgan fingerprint density at radius 3 is 2.48 bits per heavy atom. The fraction of sp³-hybridized carbons (Fsp3) is 0.478. The maximum Gasteiger partial charge on any atom is 0.240 e. The van der Waals surface area contributed by atoms with E-state index in [4.69, 9.17) is 4.74 Å². The Balaban J connectivity index is 1.99. The molecule has 0 spiro atoms. The summed E-state index contributed by atoms with van der Waals surface area (Å²) in [4.78, 5) is 0.288. The summed E-state index contributed by atoms with van der Waals surface area (Å²) in [6.45, 7) is 8.07. The van der Waals surface area contributed by atoms with E-state index in [9.17, 15) is 13.5 Å². The number of fused-ring (bicyclic) bond motifs is 1. The molecule has 1 aliphatic carbocycles. The lowest BCUT2D eigenvalue weighted by Crippen LogP contribution is -2.51. The molecule has 158 valence electrons. The molecular weight excluding hydrogens is 386 g/mol. The zero-order valence-electron chi connectivity index (χ0n) is 17.8. The second-order valence-electron chi connectivity index (χ2n) is 8.58. The summed E-state index contributed by atoms with van der Waals surface area (Å²) in [5, 5.41) is 9.69. The van der Waals surface area contributed by atoms with Crippen molar-refractivity contribution in [2.45, 2.75) is 57.4 Å². The molecule has 2 atom stereocenters. The number of hydrogen-bond donors (Lipinski definition) is 2. The zero-order chi connectivity index (χ0) is 21.4. The van der Waals surface area contributed by atoms with E-state index in [0.29, 0.717) is 12.8 Å². The normalized spacial score (nSPS) is 20.9. The van der Waals surface area contributed by atoms with Crippen molar-refractivity contribution in [3.8, 4) is 5.75 Å². The Morgan fingerprint density at radius 2 is 1.86 bits per heavy atom. The number of aliphatic hydroxyl groups is 1. The third-order valence-corrected chi connectivity index (χ3v) is 7.92. The highest BCUT2D eigenvalue weighted by molar-refractivity contribution is 7.89. The van der Waals surface area contributed by atoms with E-state index in [1.165, 1.54) is 0 Å². The number of aliphatic hydroxyl groups excluding tert-OH is 1. The predicted octanol–water partition coefficient (Wildman–Crippen LogP) is 3.71. The van der Waals surface area contributed by atoms with Crippen molar-refractivity contribution in [1.29, 1.82) is 0 Å². The van der Waals surface area contributed by atoms with E-state index in [-0.39, 0.29) is 28.9 Å². The molecule has 0 amide bonds. The maximum atomic E-state index is 13.1. The van der Waals surface area contributed by atoms with Gasteiger partial charge < -0.3 is 9.84 Å². The molecule has 0 fully saturated rings. The molecule has 1 aliphatic rings. The van der Waals surface area contributed by atoms with Crippen LogP contribution in [0.15, 0.2) is 41.3 Å². The first-order chi connectivity index (χ1) is 13.6. The molecule has 0 heterocycles. The van der Waals surface area contributed by atoms with Crippen molar-refractivity contribution >= 4 is 10.0 Å². The second-order valence-corrected chi connectivity index (χ2v) is 10.3. The minimum absolute atomic E-state index is 0.0128. The first kappa shape index (κ1) is 21.8. The molecular formula is C23H31NO4S. The molecule has 0 aliphatic heterocycles. The molecule has 0 saturated heterocycles. The third kappa shape index (κ3) is 4.20. The van der Waals surface area contributed by atoms with Gasteiger partial charge in [0.2, 0.25) is 10.0 Å². The summed E-state index contributed by atoms with van der Waals surface area (Å²) in [6.07, 6.45) is 1.16. The first-order valence-corrected chi connectivity index (χ1v) is 11.5. The van der Waals surface area contributed by atoms with Gasteiger partial charge in [-0.15, -0.1) is 0 Å². The Morgan fingerprint density at radius 1 is 1.14 bits per heavy atom. The lowest BCUT2D eigenvalue weighted by Gasteiger charge is -2.46. The summed E-state index contributed by atoms with van der Waals surface area (Å²) >= 11 is 0. The number of ether oxygens (including phenoxy) is 1. The van der Waals surface area contributed by atoms with Crippen LogP contribution in [0.25, 0.3) is 0 Å². The average Bonchev–Trinajstić information content (AvgIpc) is 2.67. The fourth-order valence-corrected chi connectivity index (χ4v) is 5.80. The predicted molar refractivity (Wildman–Crippen MR) is 115 cm³/mol.